The molecule has 3 nitrogen and oxygen atoms in total. The number of carbonyl (C=O) groups is 1. The van der Waals surface area contributed by atoms with Crippen LogP contribution in [0.25, 0.3) is 0 Å². The van der Waals surface area contributed by atoms with Crippen LogP contribution in [0.5, 0.6) is 0 Å². The highest BCUT2D eigenvalue weighted by atomic mass is 32.1. The van der Waals surface area contributed by atoms with Crippen LogP contribution in [0, 0.1) is 6.92 Å². The fourth-order valence-corrected chi connectivity index (χ4v) is 3.47. The summed E-state index contributed by atoms with van der Waals surface area (Å²) in [5, 5.41) is 2.07. The zero-order valence-electron chi connectivity index (χ0n) is 9.77. The molecule has 2 rings (SSSR count). The normalized spacial score (nSPS) is 26.9. The first-order chi connectivity index (χ1) is 7.61. The maximum absolute atomic E-state index is 11.9. The first kappa shape index (κ1) is 11.6. The average molecular weight is 238 g/mol. The highest BCUT2D eigenvalue weighted by Crippen LogP contribution is 2.33. The molecule has 16 heavy (non-hydrogen) atoms. The second kappa shape index (κ2) is 4.55. The molecule has 1 aliphatic heterocycles. The fraction of sp³-hybridized carbons (Fsp3) is 0.583. The molecule has 0 aliphatic carbocycles. The molecular weight excluding hydrogens is 220 g/mol. The molecule has 1 aliphatic rings. The van der Waals surface area contributed by atoms with Crippen molar-refractivity contribution in [3.05, 3.63) is 21.9 Å². The summed E-state index contributed by atoms with van der Waals surface area (Å²) in [6.45, 7) is 2.09. The van der Waals surface area contributed by atoms with Gasteiger partial charge in [-0.15, -0.1) is 11.3 Å². The number of likely N-dealkylation sites (N-methyl/N-ethyl adjacent to an activating group) is 1. The van der Waals surface area contributed by atoms with E-state index < -0.39 is 0 Å². The van der Waals surface area contributed by atoms with Crippen LogP contribution < -0.4 is 5.73 Å². The third-order valence-corrected chi connectivity index (χ3v) is 4.40. The molecule has 2 atom stereocenters. The molecule has 0 saturated carbocycles. The molecule has 0 spiro atoms. The Morgan fingerprint density at radius 2 is 2.31 bits per heavy atom. The van der Waals surface area contributed by atoms with Crippen molar-refractivity contribution in [3.63, 3.8) is 0 Å². The van der Waals surface area contributed by atoms with Crippen molar-refractivity contribution < 1.29 is 4.79 Å². The van der Waals surface area contributed by atoms with Gasteiger partial charge in [0.25, 0.3) is 0 Å². The Labute approximate surface area is 100 Å². The molecule has 88 valence electrons. The Morgan fingerprint density at radius 1 is 1.56 bits per heavy atom. The fourth-order valence-electron chi connectivity index (χ4n) is 2.32. The number of likely N-dealkylation sites (tertiary alicyclic amines) is 1. The van der Waals surface area contributed by atoms with Gasteiger partial charge in [-0.3, -0.25) is 4.79 Å². The van der Waals surface area contributed by atoms with Gasteiger partial charge in [-0.25, -0.2) is 0 Å². The van der Waals surface area contributed by atoms with E-state index in [9.17, 15) is 4.79 Å². The first-order valence-electron chi connectivity index (χ1n) is 5.66. The van der Waals surface area contributed by atoms with Gasteiger partial charge in [-0.05, 0) is 36.8 Å². The van der Waals surface area contributed by atoms with E-state index in [0.29, 0.717) is 6.42 Å². The number of nitrogens with two attached hydrogens (primary N) is 1. The van der Waals surface area contributed by atoms with Crippen LogP contribution in [-0.2, 0) is 4.79 Å². The number of amides is 1. The molecule has 2 heterocycles. The maximum Gasteiger partial charge on any atom is 0.222 e. The second-order valence-electron chi connectivity index (χ2n) is 4.47. The summed E-state index contributed by atoms with van der Waals surface area (Å²) in [7, 11) is 1.87. The van der Waals surface area contributed by atoms with Crippen molar-refractivity contribution in [2.75, 3.05) is 7.05 Å². The van der Waals surface area contributed by atoms with Crippen molar-refractivity contribution in [2.24, 2.45) is 5.73 Å². The summed E-state index contributed by atoms with van der Waals surface area (Å²) < 4.78 is 0. The van der Waals surface area contributed by atoms with Crippen LogP contribution in [0.2, 0.25) is 0 Å². The lowest BCUT2D eigenvalue weighted by atomic mass is 10.0. The van der Waals surface area contributed by atoms with Gasteiger partial charge < -0.3 is 10.6 Å². The van der Waals surface area contributed by atoms with Gasteiger partial charge in [-0.1, -0.05) is 0 Å². The average Bonchev–Trinajstić information content (AvgIpc) is 2.60. The van der Waals surface area contributed by atoms with E-state index in [2.05, 4.69) is 18.4 Å². The molecule has 2 N–H and O–H groups in total. The largest absolute Gasteiger partial charge is 0.336 e. The Hall–Kier alpha value is -0.870. The van der Waals surface area contributed by atoms with Crippen LogP contribution in [0.1, 0.15) is 35.7 Å². The van der Waals surface area contributed by atoms with E-state index in [1.165, 1.54) is 10.4 Å². The number of thiophene rings is 1. The van der Waals surface area contributed by atoms with Gasteiger partial charge in [0.05, 0.1) is 6.04 Å². The number of hydrogen-bond donors (Lipinski definition) is 1. The van der Waals surface area contributed by atoms with Crippen molar-refractivity contribution in [1.82, 2.24) is 4.90 Å². The number of rotatable bonds is 1. The van der Waals surface area contributed by atoms with Crippen LogP contribution in [-0.4, -0.2) is 23.9 Å². The van der Waals surface area contributed by atoms with Crippen LogP contribution >= 0.6 is 11.3 Å². The van der Waals surface area contributed by atoms with Gasteiger partial charge in [0.1, 0.15) is 0 Å². The summed E-state index contributed by atoms with van der Waals surface area (Å²) >= 11 is 1.70. The third kappa shape index (κ3) is 1.99. The molecule has 0 radical (unpaired) electrons. The van der Waals surface area contributed by atoms with Crippen molar-refractivity contribution >= 4 is 17.2 Å². The van der Waals surface area contributed by atoms with Gasteiger partial charge >= 0.3 is 0 Å². The van der Waals surface area contributed by atoms with E-state index in [1.807, 2.05) is 11.9 Å². The van der Waals surface area contributed by atoms with Gasteiger partial charge in [0, 0.05) is 24.4 Å². The number of aryl methyl sites for hydroxylation is 1. The number of nitrogens with zero attached hydrogens (tertiary/aromatic N) is 1. The predicted molar refractivity (Wildman–Crippen MR) is 66.4 cm³/mol. The molecule has 1 aromatic rings. The summed E-state index contributed by atoms with van der Waals surface area (Å²) in [5.74, 6) is 0.214. The molecule has 1 saturated heterocycles. The minimum absolute atomic E-state index is 0.0637. The molecule has 1 aromatic heterocycles. The molecule has 1 amide bonds. The number of carbonyl (C=O) groups excluding carboxylic acids is 1. The summed E-state index contributed by atoms with van der Waals surface area (Å²) in [5.41, 5.74) is 7.45. The Kier molecular flexibility index (Phi) is 3.30. The standard InChI is InChI=1S/C12H18N2OS/c1-8-6-7-16-12(8)11-9(13)4-3-5-10(15)14(11)2/h6-7,9,11H,3-5,13H2,1-2H3. The highest BCUT2D eigenvalue weighted by molar-refractivity contribution is 7.10. The zero-order valence-corrected chi connectivity index (χ0v) is 10.6. The van der Waals surface area contributed by atoms with E-state index in [-0.39, 0.29) is 18.0 Å². The van der Waals surface area contributed by atoms with Crippen LogP contribution in [0.15, 0.2) is 11.4 Å². The topological polar surface area (TPSA) is 46.3 Å². The van der Waals surface area contributed by atoms with Crippen LogP contribution in [0.4, 0.5) is 0 Å². The van der Waals surface area contributed by atoms with E-state index in [0.717, 1.165) is 12.8 Å². The summed E-state index contributed by atoms with van der Waals surface area (Å²) in [6.07, 6.45) is 2.47. The quantitative estimate of drug-likeness (QED) is 0.814. The highest BCUT2D eigenvalue weighted by Gasteiger charge is 2.31. The maximum atomic E-state index is 11.9. The SMILES string of the molecule is Cc1ccsc1C1C(N)CCCC(=O)N1C. The van der Waals surface area contributed by atoms with Crippen molar-refractivity contribution in [2.45, 2.75) is 38.3 Å². The van der Waals surface area contributed by atoms with Crippen molar-refractivity contribution in [1.29, 1.82) is 0 Å². The minimum Gasteiger partial charge on any atom is -0.336 e. The second-order valence-corrected chi connectivity index (χ2v) is 5.42. The van der Waals surface area contributed by atoms with Crippen LogP contribution in [0.3, 0.4) is 0 Å². The van der Waals surface area contributed by atoms with Gasteiger partial charge in [0.2, 0.25) is 5.91 Å². The third-order valence-electron chi connectivity index (χ3n) is 3.31. The monoisotopic (exact) mass is 238 g/mol. The van der Waals surface area contributed by atoms with E-state index in [1.54, 1.807) is 11.3 Å². The van der Waals surface area contributed by atoms with Crippen molar-refractivity contribution in [3.8, 4) is 0 Å². The predicted octanol–water partition coefficient (Wildman–Crippen LogP) is 2.07. The lowest BCUT2D eigenvalue weighted by Crippen LogP contribution is -2.39. The molecule has 4 heteroatoms. The lowest BCUT2D eigenvalue weighted by Gasteiger charge is -2.30. The zero-order chi connectivity index (χ0) is 11.7. The molecular formula is C12H18N2OS. The smallest absolute Gasteiger partial charge is 0.222 e. The van der Waals surface area contributed by atoms with E-state index >= 15 is 0 Å². The molecule has 0 aromatic carbocycles. The minimum atomic E-state index is 0.0637. The lowest BCUT2D eigenvalue weighted by molar-refractivity contribution is -0.131. The number of hydrogen-bond acceptors (Lipinski definition) is 3. The Bertz CT molecular complexity index is 388. The summed E-state index contributed by atoms with van der Waals surface area (Å²) in [4.78, 5) is 14.9. The van der Waals surface area contributed by atoms with Gasteiger partial charge in [0.15, 0.2) is 0 Å². The van der Waals surface area contributed by atoms with E-state index in [4.69, 9.17) is 5.73 Å². The van der Waals surface area contributed by atoms with Gasteiger partial charge in [-0.2, -0.15) is 0 Å². The Morgan fingerprint density at radius 3 is 2.94 bits per heavy atom. The Balaban J connectivity index is 2.35. The first-order valence-corrected chi connectivity index (χ1v) is 6.54. The molecule has 2 unspecified atom stereocenters. The summed E-state index contributed by atoms with van der Waals surface area (Å²) in [6, 6.07) is 2.22. The molecule has 0 bridgehead atoms. The molecule has 1 fully saturated rings.